The van der Waals surface area contributed by atoms with E-state index in [1.807, 2.05) is 13.8 Å². The maximum absolute atomic E-state index is 15.1. The van der Waals surface area contributed by atoms with Gasteiger partial charge >= 0.3 is 12.1 Å². The van der Waals surface area contributed by atoms with Gasteiger partial charge < -0.3 is 18.6 Å². The maximum atomic E-state index is 15.1. The van der Waals surface area contributed by atoms with Crippen LogP contribution in [-0.4, -0.2) is 32.5 Å². The van der Waals surface area contributed by atoms with Gasteiger partial charge in [0.05, 0.1) is 23.0 Å². The summed E-state index contributed by atoms with van der Waals surface area (Å²) in [6.07, 6.45) is -5.24. The normalized spacial score (nSPS) is 24.2. The van der Waals surface area contributed by atoms with Gasteiger partial charge in [-0.3, -0.25) is 9.78 Å². The fraction of sp³-hybridized carbons (Fsp3) is 0.657. The van der Waals surface area contributed by atoms with Gasteiger partial charge in [-0.2, -0.15) is 13.2 Å². The van der Waals surface area contributed by atoms with Crippen LogP contribution in [-0.2, 0) is 35.2 Å². The number of hydrogen-bond acceptors (Lipinski definition) is 6. The number of pyridine rings is 1. The zero-order valence-corrected chi connectivity index (χ0v) is 29.6. The second-order valence-electron chi connectivity index (χ2n) is 15.6. The Labute approximate surface area is 270 Å². The largest absolute Gasteiger partial charge is 0.455 e. The molecule has 6 nitrogen and oxygen atoms in total. The molecule has 1 aromatic carbocycles. The zero-order valence-electron chi connectivity index (χ0n) is 28.6. The SMILES string of the molecule is CC(=O)O[C@H]1c2nc(C(C)C)c3c(c2[C@@H](O[Si](C)(C)C(C)(C)C)CC1(C)C)C1(CCOCC1)O[C@@H]3c1ccc(C(F)(F)F)c(F)c1. The first-order valence-corrected chi connectivity index (χ1v) is 19.1. The third-order valence-electron chi connectivity index (χ3n) is 10.4. The van der Waals surface area contributed by atoms with E-state index in [2.05, 4.69) is 47.7 Å². The average Bonchev–Trinajstić information content (AvgIpc) is 3.22. The molecule has 1 spiro atoms. The summed E-state index contributed by atoms with van der Waals surface area (Å²) in [5.41, 5.74) is 1.31. The lowest BCUT2D eigenvalue weighted by Crippen LogP contribution is -2.46. The average molecular weight is 666 g/mol. The summed E-state index contributed by atoms with van der Waals surface area (Å²) < 4.78 is 81.8. The number of carbonyl (C=O) groups excluding carboxylic acids is 1. The Balaban J connectivity index is 1.85. The summed E-state index contributed by atoms with van der Waals surface area (Å²) in [5.74, 6) is -1.91. The standard InChI is InChI=1S/C35H47F4NO5Si/c1-19(2)28-26-27(34(13-15-42-16-14-34)44-30(26)21-11-12-22(23(36)17-21)35(37,38)39)25-24(45-46(9,10)32(4,5)6)18-33(7,8)31(29(25)40-28)43-20(3)41/h11-12,17,19,24,30-31H,13-16,18H2,1-10H3/t24-,30+,31-/m0/s1. The third-order valence-corrected chi connectivity index (χ3v) is 14.8. The molecule has 0 unspecified atom stereocenters. The molecule has 2 aliphatic heterocycles. The summed E-state index contributed by atoms with van der Waals surface area (Å²) in [5, 5.41) is -0.105. The fourth-order valence-corrected chi connectivity index (χ4v) is 8.28. The van der Waals surface area contributed by atoms with Crippen LogP contribution in [0.2, 0.25) is 18.1 Å². The van der Waals surface area contributed by atoms with Gasteiger partial charge in [0.2, 0.25) is 0 Å². The topological polar surface area (TPSA) is 66.9 Å². The molecule has 3 atom stereocenters. The minimum Gasteiger partial charge on any atom is -0.455 e. The highest BCUT2D eigenvalue weighted by atomic mass is 28.4. The van der Waals surface area contributed by atoms with E-state index >= 15 is 4.39 Å². The lowest BCUT2D eigenvalue weighted by molar-refractivity contribution is -0.156. The summed E-state index contributed by atoms with van der Waals surface area (Å²) in [4.78, 5) is 17.8. The molecule has 3 heterocycles. The molecular weight excluding hydrogens is 618 g/mol. The number of fused-ring (bicyclic) bond motifs is 4. The van der Waals surface area contributed by atoms with Gasteiger partial charge in [0, 0.05) is 55.2 Å². The van der Waals surface area contributed by atoms with Crippen molar-refractivity contribution in [3.8, 4) is 0 Å². The molecule has 1 aromatic heterocycles. The number of aromatic nitrogens is 1. The highest BCUT2D eigenvalue weighted by Gasteiger charge is 2.56. The number of hydrogen-bond donors (Lipinski definition) is 0. The molecule has 0 radical (unpaired) electrons. The summed E-state index contributed by atoms with van der Waals surface area (Å²) >= 11 is 0. The van der Waals surface area contributed by atoms with Crippen LogP contribution in [0.1, 0.15) is 138 Å². The summed E-state index contributed by atoms with van der Waals surface area (Å²) in [7, 11) is -2.38. The van der Waals surface area contributed by atoms with Crippen LogP contribution in [0.4, 0.5) is 17.6 Å². The molecule has 5 rings (SSSR count). The molecule has 1 aliphatic carbocycles. The number of rotatable bonds is 5. The smallest absolute Gasteiger partial charge is 0.419 e. The monoisotopic (exact) mass is 665 g/mol. The number of halogens is 4. The molecule has 2 aromatic rings. The van der Waals surface area contributed by atoms with Crippen LogP contribution in [0.25, 0.3) is 0 Å². The second kappa shape index (κ2) is 11.7. The van der Waals surface area contributed by atoms with Crippen LogP contribution in [0, 0.1) is 11.2 Å². The lowest BCUT2D eigenvalue weighted by atomic mass is 9.68. The maximum Gasteiger partial charge on any atom is 0.419 e. The van der Waals surface area contributed by atoms with Gasteiger partial charge in [-0.25, -0.2) is 4.39 Å². The van der Waals surface area contributed by atoms with Crippen molar-refractivity contribution in [1.82, 2.24) is 4.98 Å². The lowest BCUT2D eigenvalue weighted by Gasteiger charge is -2.48. The number of esters is 1. The molecule has 0 amide bonds. The van der Waals surface area contributed by atoms with Crippen molar-refractivity contribution in [2.45, 2.75) is 129 Å². The fourth-order valence-electron chi connectivity index (χ4n) is 7.02. The zero-order chi connectivity index (χ0) is 34.2. The van der Waals surface area contributed by atoms with Gasteiger partial charge in [0.15, 0.2) is 8.32 Å². The van der Waals surface area contributed by atoms with Crippen LogP contribution in [0.5, 0.6) is 0 Å². The number of alkyl halides is 3. The minimum atomic E-state index is -4.82. The number of nitrogens with zero attached hydrogens (tertiary/aromatic N) is 1. The number of benzene rings is 1. The van der Waals surface area contributed by atoms with Gasteiger partial charge in [-0.15, -0.1) is 0 Å². The predicted molar refractivity (Wildman–Crippen MR) is 168 cm³/mol. The van der Waals surface area contributed by atoms with E-state index in [1.54, 1.807) is 0 Å². The first-order chi connectivity index (χ1) is 21.1. The van der Waals surface area contributed by atoms with Crippen molar-refractivity contribution in [3.63, 3.8) is 0 Å². The van der Waals surface area contributed by atoms with E-state index in [0.29, 0.717) is 43.9 Å². The van der Waals surface area contributed by atoms with Crippen molar-refractivity contribution in [3.05, 3.63) is 63.2 Å². The van der Waals surface area contributed by atoms with Crippen LogP contribution in [0.15, 0.2) is 18.2 Å². The molecule has 0 saturated carbocycles. The van der Waals surface area contributed by atoms with E-state index in [-0.39, 0.29) is 16.5 Å². The van der Waals surface area contributed by atoms with E-state index in [4.69, 9.17) is 23.6 Å². The Morgan fingerprint density at radius 1 is 1.09 bits per heavy atom. The van der Waals surface area contributed by atoms with Crippen molar-refractivity contribution in [2.75, 3.05) is 13.2 Å². The third kappa shape index (κ3) is 6.05. The summed E-state index contributed by atoms with van der Waals surface area (Å²) in [6, 6.07) is 3.02. The first kappa shape index (κ1) is 35.0. The van der Waals surface area contributed by atoms with Crippen molar-refractivity contribution in [2.24, 2.45) is 5.41 Å². The second-order valence-corrected chi connectivity index (χ2v) is 20.4. The van der Waals surface area contributed by atoms with Crippen molar-refractivity contribution < 1.29 is 41.0 Å². The quantitative estimate of drug-likeness (QED) is 0.180. The predicted octanol–water partition coefficient (Wildman–Crippen LogP) is 9.59. The molecule has 0 bridgehead atoms. The van der Waals surface area contributed by atoms with E-state index < -0.39 is 61.2 Å². The van der Waals surface area contributed by atoms with Crippen LogP contribution in [0.3, 0.4) is 0 Å². The molecule has 46 heavy (non-hydrogen) atoms. The van der Waals surface area contributed by atoms with E-state index in [9.17, 15) is 18.0 Å². The minimum absolute atomic E-state index is 0.105. The Morgan fingerprint density at radius 3 is 2.24 bits per heavy atom. The molecule has 11 heteroatoms. The van der Waals surface area contributed by atoms with Gasteiger partial charge in [0.1, 0.15) is 18.0 Å². The van der Waals surface area contributed by atoms with Gasteiger partial charge in [0.25, 0.3) is 0 Å². The highest BCUT2D eigenvalue weighted by molar-refractivity contribution is 6.74. The Kier molecular flexibility index (Phi) is 8.87. The molecule has 0 N–H and O–H groups in total. The first-order valence-electron chi connectivity index (χ1n) is 16.1. The van der Waals surface area contributed by atoms with Crippen molar-refractivity contribution in [1.29, 1.82) is 0 Å². The molecule has 1 fully saturated rings. The Morgan fingerprint density at radius 2 is 1.72 bits per heavy atom. The Bertz CT molecular complexity index is 1510. The van der Waals surface area contributed by atoms with Gasteiger partial charge in [-0.05, 0) is 53.7 Å². The van der Waals surface area contributed by atoms with E-state index in [1.165, 1.54) is 13.0 Å². The van der Waals surface area contributed by atoms with Crippen molar-refractivity contribution >= 4 is 14.3 Å². The van der Waals surface area contributed by atoms with Crippen LogP contribution >= 0.6 is 0 Å². The van der Waals surface area contributed by atoms with Gasteiger partial charge in [-0.1, -0.05) is 54.5 Å². The Hall–Kier alpha value is -2.34. The molecule has 3 aliphatic rings. The molecule has 1 saturated heterocycles. The highest BCUT2D eigenvalue weighted by Crippen LogP contribution is 2.61. The number of ether oxygens (including phenoxy) is 3. The van der Waals surface area contributed by atoms with Crippen LogP contribution < -0.4 is 0 Å². The molecular formula is C35H47F4NO5Si. The van der Waals surface area contributed by atoms with E-state index in [0.717, 1.165) is 28.8 Å². The number of carbonyl (C=O) groups is 1. The summed E-state index contributed by atoms with van der Waals surface area (Å²) in [6.45, 7) is 21.2. The molecule has 254 valence electrons.